The molecule has 0 bridgehead atoms. The highest BCUT2D eigenvalue weighted by atomic mass is 127. The summed E-state index contributed by atoms with van der Waals surface area (Å²) in [6.45, 7) is 0. The van der Waals surface area contributed by atoms with Gasteiger partial charge < -0.3 is 5.11 Å². The largest absolute Gasteiger partial charge is 0.506 e. The molecule has 66 valence electrons. The molecule has 0 aliphatic rings. The molecule has 0 fully saturated rings. The van der Waals surface area contributed by atoms with Gasteiger partial charge in [0, 0.05) is 0 Å². The van der Waals surface area contributed by atoms with Crippen LogP contribution in [0.2, 0.25) is 0 Å². The summed E-state index contributed by atoms with van der Waals surface area (Å²) in [5.41, 5.74) is -0.914. The first-order valence-corrected chi connectivity index (χ1v) is 3.91. The Morgan fingerprint density at radius 3 is 2.42 bits per heavy atom. The van der Waals surface area contributed by atoms with Crippen LogP contribution < -0.4 is 0 Å². The Bertz CT molecular complexity index is 299. The van der Waals surface area contributed by atoms with E-state index in [1.54, 1.807) is 0 Å². The van der Waals surface area contributed by atoms with E-state index in [1.165, 1.54) is 22.6 Å². The third kappa shape index (κ3) is 1.99. The fourth-order valence-corrected chi connectivity index (χ4v) is 1.24. The summed E-state index contributed by atoms with van der Waals surface area (Å²) >= 11 is 1.46. The van der Waals surface area contributed by atoms with Crippen molar-refractivity contribution in [2.45, 2.75) is 6.18 Å². The van der Waals surface area contributed by atoms with E-state index >= 15 is 0 Å². The smallest absolute Gasteiger partial charge is 0.419 e. The van der Waals surface area contributed by atoms with E-state index in [0.717, 1.165) is 6.20 Å². The van der Waals surface area contributed by atoms with Crippen molar-refractivity contribution < 1.29 is 18.3 Å². The number of nitrogens with zero attached hydrogens (tertiary/aromatic N) is 1. The molecule has 0 aliphatic heterocycles. The highest BCUT2D eigenvalue weighted by molar-refractivity contribution is 14.1. The van der Waals surface area contributed by atoms with Gasteiger partial charge in [0.05, 0.1) is 11.8 Å². The second-order valence-electron chi connectivity index (χ2n) is 2.03. The van der Waals surface area contributed by atoms with Crippen molar-refractivity contribution >= 4 is 22.6 Å². The molecule has 0 atom stereocenters. The summed E-state index contributed by atoms with van der Waals surface area (Å²) < 4.78 is 36.0. The molecule has 1 aromatic rings. The van der Waals surface area contributed by atoms with Crippen LogP contribution in [0.4, 0.5) is 13.2 Å². The Hall–Kier alpha value is -0.530. The summed E-state index contributed by atoms with van der Waals surface area (Å²) in [6, 6.07) is 0.648. The van der Waals surface area contributed by atoms with Crippen molar-refractivity contribution in [2.75, 3.05) is 0 Å². The summed E-state index contributed by atoms with van der Waals surface area (Å²) in [4.78, 5) is 3.36. The number of hydrogen-bond acceptors (Lipinski definition) is 2. The van der Waals surface area contributed by atoms with Gasteiger partial charge in [0.25, 0.3) is 0 Å². The first-order chi connectivity index (χ1) is 5.41. The van der Waals surface area contributed by atoms with Gasteiger partial charge >= 0.3 is 6.18 Å². The number of halogens is 4. The second-order valence-corrected chi connectivity index (χ2v) is 3.05. The van der Waals surface area contributed by atoms with E-state index in [-0.39, 0.29) is 3.70 Å². The molecule has 0 radical (unpaired) electrons. The van der Waals surface area contributed by atoms with Crippen LogP contribution in [0.15, 0.2) is 12.3 Å². The highest BCUT2D eigenvalue weighted by Gasteiger charge is 2.33. The topological polar surface area (TPSA) is 33.1 Å². The zero-order valence-electron chi connectivity index (χ0n) is 5.56. The molecule has 0 spiro atoms. The quantitative estimate of drug-likeness (QED) is 0.587. The van der Waals surface area contributed by atoms with Crippen LogP contribution in [0, 0.1) is 3.70 Å². The molecular weight excluding hydrogens is 286 g/mol. The first kappa shape index (κ1) is 9.56. The average molecular weight is 289 g/mol. The van der Waals surface area contributed by atoms with Crippen LogP contribution in [0.1, 0.15) is 5.56 Å². The van der Waals surface area contributed by atoms with Crippen molar-refractivity contribution in [2.24, 2.45) is 0 Å². The fourth-order valence-electron chi connectivity index (χ4n) is 0.636. The number of rotatable bonds is 0. The van der Waals surface area contributed by atoms with Crippen molar-refractivity contribution in [3.8, 4) is 5.75 Å². The summed E-state index contributed by atoms with van der Waals surface area (Å²) in [5, 5.41) is 8.74. The van der Waals surface area contributed by atoms with E-state index in [1.807, 2.05) is 0 Å². The molecule has 2 nitrogen and oxygen atoms in total. The Labute approximate surface area is 79.6 Å². The molecule has 1 rings (SSSR count). The van der Waals surface area contributed by atoms with Gasteiger partial charge in [-0.05, 0) is 28.7 Å². The maximum Gasteiger partial charge on any atom is 0.419 e. The molecule has 1 aromatic heterocycles. The Morgan fingerprint density at radius 2 is 2.00 bits per heavy atom. The lowest BCUT2D eigenvalue weighted by Crippen LogP contribution is -2.08. The lowest BCUT2D eigenvalue weighted by molar-refractivity contribution is -0.138. The van der Waals surface area contributed by atoms with Crippen LogP contribution in [0.25, 0.3) is 0 Å². The maximum atomic E-state index is 12.1. The van der Waals surface area contributed by atoms with Crippen molar-refractivity contribution in [3.05, 3.63) is 21.5 Å². The fraction of sp³-hybridized carbons (Fsp3) is 0.167. The molecular formula is C6H3F3INO. The summed E-state index contributed by atoms with van der Waals surface area (Å²) in [7, 11) is 0. The van der Waals surface area contributed by atoms with Crippen molar-refractivity contribution in [1.29, 1.82) is 0 Å². The Morgan fingerprint density at radius 1 is 1.42 bits per heavy atom. The molecule has 1 N–H and O–H groups in total. The summed E-state index contributed by atoms with van der Waals surface area (Å²) in [5.74, 6) is -0.484. The predicted octanol–water partition coefficient (Wildman–Crippen LogP) is 2.41. The molecule has 0 aliphatic carbocycles. The lowest BCUT2D eigenvalue weighted by Gasteiger charge is -2.07. The van der Waals surface area contributed by atoms with Gasteiger partial charge in [-0.15, -0.1) is 0 Å². The van der Waals surface area contributed by atoms with Gasteiger partial charge in [-0.25, -0.2) is 4.98 Å². The summed E-state index contributed by atoms with van der Waals surface area (Å²) in [6.07, 6.45) is -3.49. The molecule has 0 unspecified atom stereocenters. The molecule has 0 saturated carbocycles. The van der Waals surface area contributed by atoms with Gasteiger partial charge in [-0.3, -0.25) is 0 Å². The Balaban J connectivity index is 3.23. The molecule has 12 heavy (non-hydrogen) atoms. The van der Waals surface area contributed by atoms with Gasteiger partial charge in [0.15, 0.2) is 0 Å². The third-order valence-electron chi connectivity index (χ3n) is 1.13. The third-order valence-corrected chi connectivity index (χ3v) is 1.99. The van der Waals surface area contributed by atoms with Gasteiger partial charge in [-0.1, -0.05) is 0 Å². The molecule has 0 amide bonds. The maximum absolute atomic E-state index is 12.1. The zero-order chi connectivity index (χ0) is 9.35. The minimum absolute atomic E-state index is 0.169. The van der Waals surface area contributed by atoms with Crippen LogP contribution in [-0.4, -0.2) is 10.1 Å². The number of pyridine rings is 1. The minimum atomic E-state index is -4.46. The Kier molecular flexibility index (Phi) is 2.45. The average Bonchev–Trinajstić information content (AvgIpc) is 1.92. The normalized spacial score (nSPS) is 11.7. The van der Waals surface area contributed by atoms with Crippen LogP contribution in [0.3, 0.4) is 0 Å². The zero-order valence-corrected chi connectivity index (χ0v) is 7.72. The number of hydrogen-bond donors (Lipinski definition) is 1. The van der Waals surface area contributed by atoms with Crippen molar-refractivity contribution in [1.82, 2.24) is 4.98 Å². The molecule has 0 aromatic carbocycles. The van der Waals surface area contributed by atoms with Crippen LogP contribution in [-0.2, 0) is 6.18 Å². The number of aromatic nitrogens is 1. The van der Waals surface area contributed by atoms with E-state index in [0.29, 0.717) is 6.07 Å². The van der Waals surface area contributed by atoms with Gasteiger partial charge in [-0.2, -0.15) is 13.2 Å². The molecule has 0 saturated heterocycles. The highest BCUT2D eigenvalue weighted by Crippen LogP contribution is 2.33. The SMILES string of the molecule is Oc1cnc(I)c(C(F)(F)F)c1. The first-order valence-electron chi connectivity index (χ1n) is 2.83. The van der Waals surface area contributed by atoms with Gasteiger partial charge in [0.2, 0.25) is 0 Å². The minimum Gasteiger partial charge on any atom is -0.506 e. The van der Waals surface area contributed by atoms with Gasteiger partial charge in [0.1, 0.15) is 9.45 Å². The van der Waals surface area contributed by atoms with E-state index in [4.69, 9.17) is 5.11 Å². The monoisotopic (exact) mass is 289 g/mol. The molecule has 6 heteroatoms. The number of aromatic hydroxyl groups is 1. The van der Waals surface area contributed by atoms with E-state index in [9.17, 15) is 13.2 Å². The standard InChI is InChI=1S/C6H3F3INO/c7-6(8,9)4-1-3(12)2-11-5(4)10/h1-2,12H. The number of alkyl halides is 3. The van der Waals surface area contributed by atoms with Crippen LogP contribution in [0.5, 0.6) is 5.75 Å². The van der Waals surface area contributed by atoms with E-state index < -0.39 is 17.5 Å². The second kappa shape index (κ2) is 3.08. The lowest BCUT2D eigenvalue weighted by atomic mass is 10.3. The van der Waals surface area contributed by atoms with E-state index in [2.05, 4.69) is 4.98 Å². The molecule has 1 heterocycles. The predicted molar refractivity (Wildman–Crippen MR) is 43.6 cm³/mol. The van der Waals surface area contributed by atoms with Crippen molar-refractivity contribution in [3.63, 3.8) is 0 Å². The van der Waals surface area contributed by atoms with Crippen LogP contribution >= 0.6 is 22.6 Å².